The molecule has 10 heteroatoms. The molecule has 34 heavy (non-hydrogen) atoms. The van der Waals surface area contributed by atoms with Crippen molar-refractivity contribution in [1.29, 1.82) is 0 Å². The third kappa shape index (κ3) is 6.60. The first-order valence-electron chi connectivity index (χ1n) is 10.2. The number of esters is 1. The highest BCUT2D eigenvalue weighted by Gasteiger charge is 2.37. The quantitative estimate of drug-likeness (QED) is 0.329. The van der Waals surface area contributed by atoms with Gasteiger partial charge in [0.05, 0.1) is 16.5 Å². The highest BCUT2D eigenvalue weighted by Crippen LogP contribution is 2.39. The molecule has 0 atom stereocenters. The molecule has 180 valence electrons. The Morgan fingerprint density at radius 1 is 1.21 bits per heavy atom. The average Bonchev–Trinajstić information content (AvgIpc) is 2.98. The number of hydrogen-bond acceptors (Lipinski definition) is 7. The highest BCUT2D eigenvalue weighted by molar-refractivity contribution is 9.10. The van der Waals surface area contributed by atoms with E-state index in [9.17, 15) is 18.8 Å². The Bertz CT molecular complexity index is 1160. The third-order valence-corrected chi connectivity index (χ3v) is 5.90. The van der Waals surface area contributed by atoms with Gasteiger partial charge in [0.25, 0.3) is 11.1 Å². The summed E-state index contributed by atoms with van der Waals surface area (Å²) in [6, 6.07) is 9.41. The van der Waals surface area contributed by atoms with Gasteiger partial charge in [0.2, 0.25) is 0 Å². The molecule has 0 aromatic heterocycles. The topological polar surface area (TPSA) is 82.1 Å². The van der Waals surface area contributed by atoms with Crippen LogP contribution in [-0.2, 0) is 20.9 Å². The molecule has 0 N–H and O–H groups in total. The van der Waals surface area contributed by atoms with E-state index in [2.05, 4.69) is 15.9 Å². The molecule has 2 aromatic rings. The lowest BCUT2D eigenvalue weighted by Crippen LogP contribution is -2.37. The summed E-state index contributed by atoms with van der Waals surface area (Å²) in [7, 11) is 1.47. The summed E-state index contributed by atoms with van der Waals surface area (Å²) >= 11 is 4.17. The van der Waals surface area contributed by atoms with Crippen molar-refractivity contribution in [3.05, 3.63) is 62.7 Å². The zero-order chi connectivity index (χ0) is 25.0. The molecule has 0 unspecified atom stereocenters. The number of benzene rings is 2. The number of ether oxygens (including phenoxy) is 3. The summed E-state index contributed by atoms with van der Waals surface area (Å²) in [6.07, 6.45) is 1.53. The Balaban J connectivity index is 1.77. The fourth-order valence-corrected chi connectivity index (χ4v) is 4.45. The van der Waals surface area contributed by atoms with Crippen molar-refractivity contribution in [2.24, 2.45) is 0 Å². The van der Waals surface area contributed by atoms with Crippen LogP contribution < -0.4 is 9.47 Å². The van der Waals surface area contributed by atoms with E-state index in [0.717, 1.165) is 16.7 Å². The molecular weight excluding hydrogens is 529 g/mol. The Kier molecular flexibility index (Phi) is 8.04. The maximum atomic E-state index is 13.4. The summed E-state index contributed by atoms with van der Waals surface area (Å²) in [5.41, 5.74) is 0.497. The molecule has 2 aromatic carbocycles. The van der Waals surface area contributed by atoms with Gasteiger partial charge in [-0.15, -0.1) is 0 Å². The Labute approximate surface area is 209 Å². The maximum Gasteiger partial charge on any atom is 0.326 e. The molecule has 1 fully saturated rings. The monoisotopic (exact) mass is 551 g/mol. The molecule has 0 spiro atoms. The van der Waals surface area contributed by atoms with Crippen LogP contribution in [0.2, 0.25) is 0 Å². The summed E-state index contributed by atoms with van der Waals surface area (Å²) in [4.78, 5) is 38.1. The first kappa shape index (κ1) is 25.8. The van der Waals surface area contributed by atoms with Crippen molar-refractivity contribution in [3.63, 3.8) is 0 Å². The fourth-order valence-electron chi connectivity index (χ4n) is 3.04. The summed E-state index contributed by atoms with van der Waals surface area (Å²) < 4.78 is 30.4. The third-order valence-electron chi connectivity index (χ3n) is 4.40. The number of halogens is 2. The Morgan fingerprint density at radius 2 is 1.94 bits per heavy atom. The minimum absolute atomic E-state index is 0.121. The minimum Gasteiger partial charge on any atom is -0.493 e. The van der Waals surface area contributed by atoms with Crippen LogP contribution in [0.1, 0.15) is 31.9 Å². The number of imide groups is 1. The molecule has 0 radical (unpaired) electrons. The molecule has 3 rings (SSSR count). The van der Waals surface area contributed by atoms with Crippen molar-refractivity contribution in [2.45, 2.75) is 33.0 Å². The minimum atomic E-state index is -0.726. The molecular formula is C24H23BrFNO6S. The van der Waals surface area contributed by atoms with Crippen molar-refractivity contribution in [1.82, 2.24) is 4.90 Å². The van der Waals surface area contributed by atoms with E-state index < -0.39 is 29.3 Å². The molecule has 0 saturated carbocycles. The lowest BCUT2D eigenvalue weighted by Gasteiger charge is -2.21. The van der Waals surface area contributed by atoms with E-state index in [1.165, 1.54) is 25.3 Å². The van der Waals surface area contributed by atoms with Crippen LogP contribution in [0, 0.1) is 5.82 Å². The number of thioether (sulfide) groups is 1. The van der Waals surface area contributed by atoms with Crippen molar-refractivity contribution >= 4 is 50.9 Å². The van der Waals surface area contributed by atoms with Gasteiger partial charge >= 0.3 is 5.97 Å². The van der Waals surface area contributed by atoms with Crippen LogP contribution in [0.4, 0.5) is 9.18 Å². The largest absolute Gasteiger partial charge is 0.493 e. The zero-order valence-corrected chi connectivity index (χ0v) is 21.4. The molecule has 0 bridgehead atoms. The maximum absolute atomic E-state index is 13.4. The number of carbonyl (C=O) groups excluding carboxylic acids is 3. The van der Waals surface area contributed by atoms with Gasteiger partial charge in [-0.3, -0.25) is 19.3 Å². The standard InChI is InChI=1S/C24H23BrFNO6S/c1-24(2,3)33-20(28)12-27-22(29)19(34-23(27)30)11-15-9-17(25)21(18(10-15)31-4)32-13-14-6-5-7-16(26)8-14/h5-11H,12-13H2,1-4H3. The number of methoxy groups -OCH3 is 1. The second-order valence-corrected chi connectivity index (χ2v) is 10.2. The van der Waals surface area contributed by atoms with Gasteiger partial charge in [0, 0.05) is 0 Å². The van der Waals surface area contributed by atoms with Crippen molar-refractivity contribution in [3.8, 4) is 11.5 Å². The predicted octanol–water partition coefficient (Wildman–Crippen LogP) is 5.55. The summed E-state index contributed by atoms with van der Waals surface area (Å²) in [5.74, 6) is -0.822. The molecule has 1 aliphatic heterocycles. The number of amides is 2. The van der Waals surface area contributed by atoms with Crippen molar-refractivity contribution in [2.75, 3.05) is 13.7 Å². The van der Waals surface area contributed by atoms with Crippen LogP contribution in [0.15, 0.2) is 45.8 Å². The summed E-state index contributed by atoms with van der Waals surface area (Å²) in [5, 5.41) is -0.553. The summed E-state index contributed by atoms with van der Waals surface area (Å²) in [6.45, 7) is 4.77. The SMILES string of the molecule is COc1cc(C=C2SC(=O)N(CC(=O)OC(C)(C)C)C2=O)cc(Br)c1OCc1cccc(F)c1. The molecule has 1 aliphatic rings. The van der Waals surface area contributed by atoms with Gasteiger partial charge in [-0.05, 0) is 89.9 Å². The zero-order valence-electron chi connectivity index (χ0n) is 19.0. The van der Waals surface area contributed by atoms with Crippen LogP contribution in [0.5, 0.6) is 11.5 Å². The van der Waals surface area contributed by atoms with E-state index in [1.54, 1.807) is 45.0 Å². The van der Waals surface area contributed by atoms with Crippen LogP contribution in [-0.4, -0.2) is 41.3 Å². The first-order valence-corrected chi connectivity index (χ1v) is 11.8. The second-order valence-electron chi connectivity index (χ2n) is 8.31. The number of hydrogen-bond donors (Lipinski definition) is 0. The average molecular weight is 552 g/mol. The van der Waals surface area contributed by atoms with Gasteiger partial charge in [-0.25, -0.2) is 4.39 Å². The van der Waals surface area contributed by atoms with Gasteiger partial charge in [0.15, 0.2) is 11.5 Å². The number of carbonyl (C=O) groups is 3. The van der Waals surface area contributed by atoms with E-state index in [4.69, 9.17) is 14.2 Å². The molecule has 0 aliphatic carbocycles. The van der Waals surface area contributed by atoms with E-state index in [-0.39, 0.29) is 17.3 Å². The van der Waals surface area contributed by atoms with Crippen LogP contribution in [0.25, 0.3) is 6.08 Å². The van der Waals surface area contributed by atoms with Crippen LogP contribution >= 0.6 is 27.7 Å². The number of rotatable bonds is 7. The van der Waals surface area contributed by atoms with E-state index in [1.807, 2.05) is 0 Å². The van der Waals surface area contributed by atoms with Gasteiger partial charge in [-0.1, -0.05) is 12.1 Å². The molecule has 7 nitrogen and oxygen atoms in total. The smallest absolute Gasteiger partial charge is 0.326 e. The first-order chi connectivity index (χ1) is 16.0. The van der Waals surface area contributed by atoms with E-state index >= 15 is 0 Å². The van der Waals surface area contributed by atoms with Crippen LogP contribution in [0.3, 0.4) is 0 Å². The Hall–Kier alpha value is -2.85. The van der Waals surface area contributed by atoms with Gasteiger partial charge < -0.3 is 14.2 Å². The normalized spacial score (nSPS) is 15.1. The lowest BCUT2D eigenvalue weighted by atomic mass is 10.1. The van der Waals surface area contributed by atoms with Crippen molar-refractivity contribution < 1.29 is 33.0 Å². The van der Waals surface area contributed by atoms with E-state index in [0.29, 0.717) is 27.1 Å². The second kappa shape index (κ2) is 10.6. The lowest BCUT2D eigenvalue weighted by molar-refractivity contribution is -0.156. The highest BCUT2D eigenvalue weighted by atomic mass is 79.9. The molecule has 2 amide bonds. The molecule has 1 saturated heterocycles. The Morgan fingerprint density at radius 3 is 2.59 bits per heavy atom. The fraction of sp³-hybridized carbons (Fsp3) is 0.292. The molecule has 1 heterocycles. The predicted molar refractivity (Wildman–Crippen MR) is 130 cm³/mol. The van der Waals surface area contributed by atoms with Gasteiger partial charge in [-0.2, -0.15) is 0 Å². The number of nitrogens with zero attached hydrogens (tertiary/aromatic N) is 1. The van der Waals surface area contributed by atoms with Gasteiger partial charge in [0.1, 0.15) is 24.6 Å².